The second-order valence-corrected chi connectivity index (χ2v) is 7.65. The van der Waals surface area contributed by atoms with Crippen LogP contribution < -0.4 is 10.1 Å². The van der Waals surface area contributed by atoms with E-state index in [0.29, 0.717) is 15.4 Å². The number of aromatic nitrogens is 1. The number of halogens is 2. The Bertz CT molecular complexity index is 720. The number of rotatable bonds is 5. The lowest BCUT2D eigenvalue weighted by Gasteiger charge is -2.24. The number of carbonyl (C=O) groups excluding carboxylic acids is 1. The first kappa shape index (κ1) is 19.5. The van der Waals surface area contributed by atoms with Crippen LogP contribution in [0.15, 0.2) is 47.1 Å². The lowest BCUT2D eigenvalue weighted by molar-refractivity contribution is 0.0486. The lowest BCUT2D eigenvalue weighted by atomic mass is 10.1. The van der Waals surface area contributed by atoms with Crippen LogP contribution in [0.1, 0.15) is 32.4 Å². The molecule has 0 aliphatic carbocycles. The van der Waals surface area contributed by atoms with Crippen molar-refractivity contribution in [2.45, 2.75) is 32.4 Å². The number of pyridine rings is 1. The summed E-state index contributed by atoms with van der Waals surface area (Å²) >= 11 is 9.24. The quantitative estimate of drug-likeness (QED) is 0.717. The molecule has 7 heteroatoms. The van der Waals surface area contributed by atoms with Crippen LogP contribution in [-0.4, -0.2) is 23.3 Å². The molecule has 1 aromatic carbocycles. The molecular weight excluding hydrogens is 408 g/mol. The van der Waals surface area contributed by atoms with Crippen LogP contribution in [0.5, 0.6) is 5.88 Å². The Morgan fingerprint density at radius 2 is 2.00 bits per heavy atom. The summed E-state index contributed by atoms with van der Waals surface area (Å²) in [4.78, 5) is 16.3. The van der Waals surface area contributed by atoms with Gasteiger partial charge in [0.25, 0.3) is 0 Å². The van der Waals surface area contributed by atoms with Gasteiger partial charge in [-0.1, -0.05) is 41.9 Å². The summed E-state index contributed by atoms with van der Waals surface area (Å²) in [6.07, 6.45) is 0.994. The SMILES string of the molecule is CC(C)(C)OC(=O)N[C@H](COc1ncc(Cl)cc1Br)c1ccccc1. The van der Waals surface area contributed by atoms with Crippen LogP contribution in [0.3, 0.4) is 0 Å². The van der Waals surface area contributed by atoms with Gasteiger partial charge in [0, 0.05) is 6.20 Å². The summed E-state index contributed by atoms with van der Waals surface area (Å²) in [5.41, 5.74) is 0.325. The van der Waals surface area contributed by atoms with Gasteiger partial charge >= 0.3 is 6.09 Å². The Morgan fingerprint density at radius 1 is 1.32 bits per heavy atom. The molecule has 1 amide bonds. The van der Waals surface area contributed by atoms with Gasteiger partial charge in [-0.05, 0) is 48.3 Å². The monoisotopic (exact) mass is 426 g/mol. The Morgan fingerprint density at radius 3 is 2.60 bits per heavy atom. The minimum atomic E-state index is -0.576. The van der Waals surface area contributed by atoms with Crippen LogP contribution in [-0.2, 0) is 4.74 Å². The molecule has 2 aromatic rings. The van der Waals surface area contributed by atoms with E-state index in [1.54, 1.807) is 6.07 Å². The van der Waals surface area contributed by atoms with Crippen LogP contribution in [0.4, 0.5) is 4.79 Å². The second-order valence-electron chi connectivity index (χ2n) is 6.36. The second kappa shape index (κ2) is 8.54. The van der Waals surface area contributed by atoms with Gasteiger partial charge in [0.05, 0.1) is 15.5 Å². The van der Waals surface area contributed by atoms with Gasteiger partial charge in [-0.2, -0.15) is 0 Å². The molecule has 0 bridgehead atoms. The molecule has 0 aliphatic rings. The number of hydrogen-bond acceptors (Lipinski definition) is 4. The molecule has 25 heavy (non-hydrogen) atoms. The highest BCUT2D eigenvalue weighted by Gasteiger charge is 2.21. The standard InChI is InChI=1S/C18H20BrClN2O3/c1-18(2,3)25-17(23)22-15(12-7-5-4-6-8-12)11-24-16-14(19)9-13(20)10-21-16/h4-10,15H,11H2,1-3H3,(H,22,23)/t15-/m1/s1. The predicted octanol–water partition coefficient (Wildman–Crippen LogP) is 5.14. The molecule has 0 saturated heterocycles. The zero-order valence-electron chi connectivity index (χ0n) is 14.3. The van der Waals surface area contributed by atoms with Crippen molar-refractivity contribution >= 4 is 33.6 Å². The van der Waals surface area contributed by atoms with Crippen LogP contribution in [0, 0.1) is 0 Å². The van der Waals surface area contributed by atoms with Gasteiger partial charge in [0.2, 0.25) is 5.88 Å². The molecule has 0 aliphatic heterocycles. The topological polar surface area (TPSA) is 60.5 Å². The highest BCUT2D eigenvalue weighted by molar-refractivity contribution is 9.10. The number of nitrogens with zero attached hydrogens (tertiary/aromatic N) is 1. The molecule has 0 saturated carbocycles. The first-order valence-corrected chi connectivity index (χ1v) is 8.90. The maximum absolute atomic E-state index is 12.1. The molecule has 5 nitrogen and oxygen atoms in total. The number of carbonyl (C=O) groups is 1. The number of alkyl carbamates (subject to hydrolysis) is 1. The van der Waals surface area contributed by atoms with Crippen molar-refractivity contribution in [2.75, 3.05) is 6.61 Å². The van der Waals surface area contributed by atoms with Crippen molar-refractivity contribution in [3.05, 3.63) is 57.7 Å². The number of nitrogens with one attached hydrogen (secondary N) is 1. The Kier molecular flexibility index (Phi) is 6.67. The van der Waals surface area contributed by atoms with Gasteiger partial charge in [0.1, 0.15) is 12.2 Å². The number of amides is 1. The maximum atomic E-state index is 12.1. The van der Waals surface area contributed by atoms with E-state index in [1.807, 2.05) is 51.1 Å². The number of hydrogen-bond donors (Lipinski definition) is 1. The third-order valence-corrected chi connectivity index (χ3v) is 3.83. The van der Waals surface area contributed by atoms with Crippen molar-refractivity contribution in [3.8, 4) is 5.88 Å². The molecule has 134 valence electrons. The first-order chi connectivity index (χ1) is 11.7. The highest BCUT2D eigenvalue weighted by Crippen LogP contribution is 2.26. The largest absolute Gasteiger partial charge is 0.474 e. The maximum Gasteiger partial charge on any atom is 0.408 e. The summed E-state index contributed by atoms with van der Waals surface area (Å²) in [5.74, 6) is 0.399. The number of benzene rings is 1. The van der Waals surface area contributed by atoms with E-state index in [9.17, 15) is 4.79 Å². The minimum Gasteiger partial charge on any atom is -0.474 e. The Balaban J connectivity index is 2.11. The van der Waals surface area contributed by atoms with Crippen LogP contribution in [0.2, 0.25) is 5.02 Å². The zero-order valence-corrected chi connectivity index (χ0v) is 16.6. The normalized spacial score (nSPS) is 12.4. The van der Waals surface area contributed by atoms with Crippen LogP contribution in [0.25, 0.3) is 0 Å². The van der Waals surface area contributed by atoms with E-state index in [2.05, 4.69) is 26.2 Å². The summed E-state index contributed by atoms with van der Waals surface area (Å²) in [6.45, 7) is 5.64. The fourth-order valence-corrected chi connectivity index (χ4v) is 2.78. The molecule has 0 unspecified atom stereocenters. The van der Waals surface area contributed by atoms with Gasteiger partial charge in [-0.3, -0.25) is 0 Å². The molecular formula is C18H20BrClN2O3. The van der Waals surface area contributed by atoms with Crippen molar-refractivity contribution in [2.24, 2.45) is 0 Å². The molecule has 1 aromatic heterocycles. The minimum absolute atomic E-state index is 0.191. The molecule has 0 fully saturated rings. The van der Waals surface area contributed by atoms with Gasteiger partial charge in [-0.15, -0.1) is 0 Å². The van der Waals surface area contributed by atoms with E-state index in [-0.39, 0.29) is 12.6 Å². The van der Waals surface area contributed by atoms with Crippen LogP contribution >= 0.6 is 27.5 Å². The predicted molar refractivity (Wildman–Crippen MR) is 101 cm³/mol. The number of ether oxygens (including phenoxy) is 2. The van der Waals surface area contributed by atoms with E-state index < -0.39 is 11.7 Å². The smallest absolute Gasteiger partial charge is 0.408 e. The Labute approximate surface area is 160 Å². The third kappa shape index (κ3) is 6.55. The van der Waals surface area contributed by atoms with Crippen molar-refractivity contribution in [3.63, 3.8) is 0 Å². The molecule has 0 spiro atoms. The zero-order chi connectivity index (χ0) is 18.4. The highest BCUT2D eigenvalue weighted by atomic mass is 79.9. The van der Waals surface area contributed by atoms with Gasteiger partial charge in [-0.25, -0.2) is 9.78 Å². The summed E-state index contributed by atoms with van der Waals surface area (Å²) in [5, 5.41) is 3.34. The molecule has 1 N–H and O–H groups in total. The fraction of sp³-hybridized carbons (Fsp3) is 0.333. The molecule has 1 heterocycles. The summed E-state index contributed by atoms with van der Waals surface area (Å²) < 4.78 is 11.7. The van der Waals surface area contributed by atoms with E-state index >= 15 is 0 Å². The van der Waals surface area contributed by atoms with E-state index in [0.717, 1.165) is 5.56 Å². The van der Waals surface area contributed by atoms with Crippen molar-refractivity contribution < 1.29 is 14.3 Å². The van der Waals surface area contributed by atoms with Crippen molar-refractivity contribution in [1.82, 2.24) is 10.3 Å². The van der Waals surface area contributed by atoms with E-state index in [4.69, 9.17) is 21.1 Å². The average molecular weight is 428 g/mol. The fourth-order valence-electron chi connectivity index (χ4n) is 2.03. The summed E-state index contributed by atoms with van der Waals surface area (Å²) in [7, 11) is 0. The van der Waals surface area contributed by atoms with Gasteiger partial charge < -0.3 is 14.8 Å². The molecule has 1 atom stereocenters. The van der Waals surface area contributed by atoms with Gasteiger partial charge in [0.15, 0.2) is 0 Å². The Hall–Kier alpha value is -1.79. The molecule has 0 radical (unpaired) electrons. The first-order valence-electron chi connectivity index (χ1n) is 7.73. The third-order valence-electron chi connectivity index (χ3n) is 3.05. The lowest BCUT2D eigenvalue weighted by Crippen LogP contribution is -2.37. The molecule has 2 rings (SSSR count). The summed E-state index contributed by atoms with van der Waals surface area (Å²) in [6, 6.07) is 10.8. The van der Waals surface area contributed by atoms with Crippen molar-refractivity contribution in [1.29, 1.82) is 0 Å². The van der Waals surface area contributed by atoms with E-state index in [1.165, 1.54) is 6.20 Å². The average Bonchev–Trinajstić information content (AvgIpc) is 2.52.